The molecule has 2 amide bonds. The summed E-state index contributed by atoms with van der Waals surface area (Å²) >= 11 is 0. The number of fused-ring (bicyclic) bond motifs is 2. The molecular formula is C25H28N2O6. The molecule has 3 atom stereocenters. The minimum absolute atomic E-state index is 0.233. The van der Waals surface area contributed by atoms with Crippen LogP contribution in [-0.2, 0) is 33.8 Å². The average Bonchev–Trinajstić information content (AvgIpc) is 2.83. The summed E-state index contributed by atoms with van der Waals surface area (Å²) in [5, 5.41) is 9.96. The lowest BCUT2D eigenvalue weighted by molar-refractivity contribution is -0.170. The minimum Gasteiger partial charge on any atom is -0.493 e. The third-order valence-corrected chi connectivity index (χ3v) is 6.60. The van der Waals surface area contributed by atoms with E-state index in [9.17, 15) is 19.5 Å². The number of benzene rings is 2. The van der Waals surface area contributed by atoms with Gasteiger partial charge in [0.15, 0.2) is 11.5 Å². The van der Waals surface area contributed by atoms with Crippen LogP contribution in [0.2, 0.25) is 0 Å². The fourth-order valence-corrected chi connectivity index (χ4v) is 4.84. The molecule has 1 N–H and O–H groups in total. The molecule has 0 radical (unpaired) electrons. The average molecular weight is 453 g/mol. The number of aryl methyl sites for hydroxylation is 1. The molecule has 2 aliphatic rings. The summed E-state index contributed by atoms with van der Waals surface area (Å²) in [6.45, 7) is 1.88. The van der Waals surface area contributed by atoms with Crippen LogP contribution in [0.25, 0.3) is 0 Å². The fourth-order valence-electron chi connectivity index (χ4n) is 4.84. The molecule has 2 aromatic carbocycles. The molecule has 0 bridgehead atoms. The Balaban J connectivity index is 1.62. The second-order valence-electron chi connectivity index (χ2n) is 8.46. The van der Waals surface area contributed by atoms with Gasteiger partial charge in [-0.2, -0.15) is 0 Å². The number of carboxylic acids is 1. The monoisotopic (exact) mass is 452 g/mol. The number of carbonyl (C=O) groups is 3. The first-order valence-electron chi connectivity index (χ1n) is 11.0. The van der Waals surface area contributed by atoms with Gasteiger partial charge in [0.25, 0.3) is 0 Å². The number of methoxy groups -OCH3 is 2. The second kappa shape index (κ2) is 9.13. The van der Waals surface area contributed by atoms with Gasteiger partial charge in [0, 0.05) is 13.0 Å². The third kappa shape index (κ3) is 4.13. The van der Waals surface area contributed by atoms with Gasteiger partial charge >= 0.3 is 5.97 Å². The zero-order valence-corrected chi connectivity index (χ0v) is 19.0. The van der Waals surface area contributed by atoms with Gasteiger partial charge in [-0.15, -0.1) is 0 Å². The molecule has 33 heavy (non-hydrogen) atoms. The standard InChI is InChI=1S/C25H28N2O6/c1-15-23(28)26-14-18-13-22(33-3)21(32-2)12-17(18)11-20(26)24(29)27(15)19(25(30)31)10-9-16-7-5-4-6-8-16/h4-8,12-13,15,19-20H,9-11,14H2,1-3H3,(H,30,31)/t15-,19-,20-/m0/s1. The third-order valence-electron chi connectivity index (χ3n) is 6.60. The summed E-state index contributed by atoms with van der Waals surface area (Å²) < 4.78 is 10.8. The van der Waals surface area contributed by atoms with Crippen LogP contribution in [0.15, 0.2) is 42.5 Å². The Bertz CT molecular complexity index is 1070. The highest BCUT2D eigenvalue weighted by Crippen LogP contribution is 2.37. The van der Waals surface area contributed by atoms with E-state index < -0.39 is 24.1 Å². The van der Waals surface area contributed by atoms with Crippen LogP contribution < -0.4 is 9.47 Å². The van der Waals surface area contributed by atoms with E-state index in [-0.39, 0.29) is 24.8 Å². The molecule has 0 unspecified atom stereocenters. The predicted octanol–water partition coefficient (Wildman–Crippen LogP) is 2.27. The van der Waals surface area contributed by atoms with Crippen LogP contribution in [0.5, 0.6) is 11.5 Å². The largest absolute Gasteiger partial charge is 0.493 e. The molecule has 4 rings (SSSR count). The summed E-state index contributed by atoms with van der Waals surface area (Å²) in [6.07, 6.45) is 1.03. The SMILES string of the molecule is COc1cc2c(cc1OC)CN1C(=O)[C@H](C)N([C@@H](CCc3ccccc3)C(=O)O)C(=O)[C@@H]1C2. The normalized spacial score (nSPS) is 20.7. The number of nitrogens with zero attached hydrogens (tertiary/aromatic N) is 2. The summed E-state index contributed by atoms with van der Waals surface area (Å²) in [4.78, 5) is 41.9. The summed E-state index contributed by atoms with van der Waals surface area (Å²) in [5.74, 6) is -0.563. The van der Waals surface area contributed by atoms with E-state index in [1.165, 1.54) is 4.90 Å². The number of piperazine rings is 1. The molecule has 0 aromatic heterocycles. The van der Waals surface area contributed by atoms with Crippen LogP contribution in [0.4, 0.5) is 0 Å². The Kier molecular flexibility index (Phi) is 6.26. The van der Waals surface area contributed by atoms with Crippen LogP contribution in [-0.4, -0.2) is 65.0 Å². The van der Waals surface area contributed by atoms with Crippen molar-refractivity contribution in [2.24, 2.45) is 0 Å². The van der Waals surface area contributed by atoms with Gasteiger partial charge in [0.05, 0.1) is 14.2 Å². The van der Waals surface area contributed by atoms with Crippen molar-refractivity contribution in [3.05, 3.63) is 59.2 Å². The van der Waals surface area contributed by atoms with E-state index in [0.29, 0.717) is 24.3 Å². The van der Waals surface area contributed by atoms with Gasteiger partial charge in [-0.1, -0.05) is 30.3 Å². The molecule has 2 aromatic rings. The zero-order valence-electron chi connectivity index (χ0n) is 19.0. The lowest BCUT2D eigenvalue weighted by atomic mass is 9.88. The maximum Gasteiger partial charge on any atom is 0.326 e. The number of carbonyl (C=O) groups excluding carboxylic acids is 2. The Labute approximate surface area is 192 Å². The van der Waals surface area contributed by atoms with E-state index >= 15 is 0 Å². The van der Waals surface area contributed by atoms with Crippen molar-refractivity contribution >= 4 is 17.8 Å². The van der Waals surface area contributed by atoms with Gasteiger partial charge in [0.2, 0.25) is 11.8 Å². The first-order chi connectivity index (χ1) is 15.8. The van der Waals surface area contributed by atoms with Gasteiger partial charge < -0.3 is 24.4 Å². The van der Waals surface area contributed by atoms with Gasteiger partial charge in [-0.25, -0.2) is 4.79 Å². The Hall–Kier alpha value is -3.55. The summed E-state index contributed by atoms with van der Waals surface area (Å²) in [6, 6.07) is 10.5. The van der Waals surface area contributed by atoms with Crippen LogP contribution in [0, 0.1) is 0 Å². The Morgan fingerprint density at radius 2 is 1.70 bits per heavy atom. The molecular weight excluding hydrogens is 424 g/mol. The van der Waals surface area contributed by atoms with Crippen LogP contribution in [0.1, 0.15) is 30.0 Å². The number of rotatable bonds is 7. The predicted molar refractivity (Wildman–Crippen MR) is 120 cm³/mol. The van der Waals surface area contributed by atoms with Gasteiger partial charge in [-0.3, -0.25) is 9.59 Å². The van der Waals surface area contributed by atoms with Gasteiger partial charge in [0.1, 0.15) is 18.1 Å². The van der Waals surface area contributed by atoms with Crippen molar-refractivity contribution in [1.82, 2.24) is 9.80 Å². The Morgan fingerprint density at radius 1 is 1.06 bits per heavy atom. The molecule has 0 spiro atoms. The van der Waals surface area contributed by atoms with E-state index in [2.05, 4.69) is 0 Å². The molecule has 8 nitrogen and oxygen atoms in total. The van der Waals surface area contributed by atoms with Crippen molar-refractivity contribution in [2.75, 3.05) is 14.2 Å². The highest BCUT2D eigenvalue weighted by molar-refractivity contribution is 5.99. The van der Waals surface area contributed by atoms with E-state index in [1.54, 1.807) is 26.0 Å². The topological polar surface area (TPSA) is 96.4 Å². The van der Waals surface area contributed by atoms with Crippen molar-refractivity contribution < 1.29 is 29.0 Å². The maximum absolute atomic E-state index is 13.6. The fraction of sp³-hybridized carbons (Fsp3) is 0.400. The molecule has 0 aliphatic carbocycles. The highest BCUT2D eigenvalue weighted by atomic mass is 16.5. The van der Waals surface area contributed by atoms with E-state index in [0.717, 1.165) is 16.7 Å². The molecule has 174 valence electrons. The molecule has 1 saturated heterocycles. The second-order valence-corrected chi connectivity index (χ2v) is 8.46. The van der Waals surface area contributed by atoms with E-state index in [4.69, 9.17) is 9.47 Å². The number of aliphatic carboxylic acids is 1. The number of hydrogen-bond donors (Lipinski definition) is 1. The quantitative estimate of drug-likeness (QED) is 0.692. The molecule has 0 saturated carbocycles. The molecule has 1 fully saturated rings. The van der Waals surface area contributed by atoms with Crippen LogP contribution >= 0.6 is 0 Å². The molecule has 2 aliphatic heterocycles. The maximum atomic E-state index is 13.6. The molecule has 8 heteroatoms. The zero-order chi connectivity index (χ0) is 23.7. The Morgan fingerprint density at radius 3 is 2.30 bits per heavy atom. The first-order valence-corrected chi connectivity index (χ1v) is 11.0. The number of amides is 2. The van der Waals surface area contributed by atoms with Crippen LogP contribution in [0.3, 0.4) is 0 Å². The van der Waals surface area contributed by atoms with Gasteiger partial charge in [-0.05, 0) is 48.6 Å². The minimum atomic E-state index is -1.10. The lowest BCUT2D eigenvalue weighted by Gasteiger charge is -2.48. The van der Waals surface area contributed by atoms with Crippen molar-refractivity contribution in [1.29, 1.82) is 0 Å². The van der Waals surface area contributed by atoms with Crippen molar-refractivity contribution in [3.8, 4) is 11.5 Å². The lowest BCUT2D eigenvalue weighted by Crippen LogP contribution is -2.68. The molecule has 2 heterocycles. The van der Waals surface area contributed by atoms with Crippen molar-refractivity contribution in [2.45, 2.75) is 50.9 Å². The number of hydrogen-bond acceptors (Lipinski definition) is 5. The first kappa shape index (κ1) is 22.6. The highest BCUT2D eigenvalue weighted by Gasteiger charge is 2.49. The number of carboxylic acid groups (broad SMARTS) is 1. The van der Waals surface area contributed by atoms with Crippen molar-refractivity contribution in [3.63, 3.8) is 0 Å². The summed E-state index contributed by atoms with van der Waals surface area (Å²) in [5.41, 5.74) is 2.77. The smallest absolute Gasteiger partial charge is 0.326 e. The van der Waals surface area contributed by atoms with E-state index in [1.807, 2.05) is 42.5 Å². The summed E-state index contributed by atoms with van der Waals surface area (Å²) in [7, 11) is 3.09. The number of ether oxygens (including phenoxy) is 2.